The van der Waals surface area contributed by atoms with Gasteiger partial charge in [0.2, 0.25) is 0 Å². The number of anilines is 1. The van der Waals surface area contributed by atoms with Crippen LogP contribution in [-0.4, -0.2) is 9.78 Å². The minimum absolute atomic E-state index is 0.131. The molecule has 0 aliphatic rings. The highest BCUT2D eigenvalue weighted by Gasteiger charge is 2.14. The molecule has 1 aromatic carbocycles. The molecule has 2 rings (SSSR count). The summed E-state index contributed by atoms with van der Waals surface area (Å²) in [5, 5.41) is 13.6. The van der Waals surface area contributed by atoms with Gasteiger partial charge in [-0.05, 0) is 25.5 Å². The average Bonchev–Trinajstić information content (AvgIpc) is 2.74. The Hall–Kier alpha value is -2.54. The second-order valence-electron chi connectivity index (χ2n) is 4.54. The molecule has 2 N–H and O–H groups in total. The molecule has 0 aliphatic carbocycles. The summed E-state index contributed by atoms with van der Waals surface area (Å²) in [4.78, 5) is 0. The van der Waals surface area contributed by atoms with Gasteiger partial charge in [-0.2, -0.15) is 10.4 Å². The van der Waals surface area contributed by atoms with Gasteiger partial charge in [-0.15, -0.1) is 0 Å². The van der Waals surface area contributed by atoms with Gasteiger partial charge in [-0.25, -0.2) is 4.68 Å². The Balaban J connectivity index is 2.38. The molecule has 96 valence electrons. The van der Waals surface area contributed by atoms with Crippen LogP contribution in [0.25, 0.3) is 12.2 Å². The van der Waals surface area contributed by atoms with Crippen molar-refractivity contribution in [2.45, 2.75) is 19.9 Å². The van der Waals surface area contributed by atoms with Crippen molar-refractivity contribution in [1.29, 1.82) is 5.26 Å². The lowest BCUT2D eigenvalue weighted by Crippen LogP contribution is -2.07. The van der Waals surface area contributed by atoms with E-state index in [-0.39, 0.29) is 6.04 Å². The maximum atomic E-state index is 9.17. The Morgan fingerprint density at radius 2 is 1.95 bits per heavy atom. The van der Waals surface area contributed by atoms with Gasteiger partial charge in [0.05, 0.1) is 0 Å². The number of hydrogen-bond acceptors (Lipinski definition) is 3. The van der Waals surface area contributed by atoms with E-state index in [4.69, 9.17) is 5.73 Å². The highest BCUT2D eigenvalue weighted by molar-refractivity contribution is 5.73. The fraction of sp³-hybridized carbons (Fsp3) is 0.200. The normalized spacial score (nSPS) is 11.1. The van der Waals surface area contributed by atoms with Crippen LogP contribution in [-0.2, 0) is 0 Å². The van der Waals surface area contributed by atoms with Crippen LogP contribution in [0.5, 0.6) is 0 Å². The monoisotopic (exact) mass is 252 g/mol. The van der Waals surface area contributed by atoms with Crippen LogP contribution >= 0.6 is 0 Å². The number of hydrogen-bond donors (Lipinski definition) is 1. The molecule has 0 aliphatic heterocycles. The minimum atomic E-state index is 0.131. The third-order valence-electron chi connectivity index (χ3n) is 2.81. The van der Waals surface area contributed by atoms with Crippen LogP contribution in [0.2, 0.25) is 0 Å². The predicted molar refractivity (Wildman–Crippen MR) is 77.1 cm³/mol. The Kier molecular flexibility index (Phi) is 3.67. The molecule has 1 heterocycles. The van der Waals surface area contributed by atoms with E-state index in [1.807, 2.05) is 56.3 Å². The van der Waals surface area contributed by atoms with Crippen LogP contribution in [0.1, 0.15) is 36.7 Å². The van der Waals surface area contributed by atoms with E-state index in [9.17, 15) is 5.26 Å². The van der Waals surface area contributed by atoms with E-state index in [1.54, 1.807) is 4.68 Å². The SMILES string of the molecule is CC(C)n1nc(/C=C/c2ccccc2)c(C#N)c1N. The van der Waals surface area contributed by atoms with Crippen molar-refractivity contribution in [3.8, 4) is 6.07 Å². The van der Waals surface area contributed by atoms with Crippen LogP contribution < -0.4 is 5.73 Å². The van der Waals surface area contributed by atoms with Crippen molar-refractivity contribution >= 4 is 18.0 Å². The topological polar surface area (TPSA) is 67.6 Å². The van der Waals surface area contributed by atoms with Gasteiger partial charge in [-0.1, -0.05) is 36.4 Å². The lowest BCUT2D eigenvalue weighted by molar-refractivity contribution is 0.539. The summed E-state index contributed by atoms with van der Waals surface area (Å²) < 4.78 is 1.67. The second kappa shape index (κ2) is 5.40. The van der Waals surface area contributed by atoms with Crippen LogP contribution in [0.3, 0.4) is 0 Å². The first-order valence-corrected chi connectivity index (χ1v) is 6.14. The van der Waals surface area contributed by atoms with Gasteiger partial charge in [0.15, 0.2) is 0 Å². The van der Waals surface area contributed by atoms with Crippen molar-refractivity contribution in [3.05, 3.63) is 47.2 Å². The first-order valence-electron chi connectivity index (χ1n) is 6.14. The molecular weight excluding hydrogens is 236 g/mol. The number of aromatic nitrogens is 2. The molecule has 4 heteroatoms. The highest BCUT2D eigenvalue weighted by Crippen LogP contribution is 2.21. The Morgan fingerprint density at radius 3 is 2.53 bits per heavy atom. The summed E-state index contributed by atoms with van der Waals surface area (Å²) in [5.41, 5.74) is 8.03. The molecule has 19 heavy (non-hydrogen) atoms. The number of nitrogens with two attached hydrogens (primary N) is 1. The lowest BCUT2D eigenvalue weighted by Gasteiger charge is -2.06. The maximum absolute atomic E-state index is 9.17. The summed E-state index contributed by atoms with van der Waals surface area (Å²) in [6.07, 6.45) is 3.75. The van der Waals surface area contributed by atoms with Crippen LogP contribution in [0, 0.1) is 11.3 Å². The molecule has 2 aromatic rings. The van der Waals surface area contributed by atoms with Crippen molar-refractivity contribution in [2.24, 2.45) is 0 Å². The summed E-state index contributed by atoms with van der Waals surface area (Å²) in [5.74, 6) is 0.421. The zero-order chi connectivity index (χ0) is 13.8. The summed E-state index contributed by atoms with van der Waals surface area (Å²) >= 11 is 0. The number of benzene rings is 1. The van der Waals surface area contributed by atoms with Gasteiger partial charge in [0.25, 0.3) is 0 Å². The van der Waals surface area contributed by atoms with Gasteiger partial charge < -0.3 is 5.73 Å². The lowest BCUT2D eigenvalue weighted by atomic mass is 10.1. The van der Waals surface area contributed by atoms with Crippen molar-refractivity contribution in [3.63, 3.8) is 0 Å². The molecule has 1 aromatic heterocycles. The summed E-state index contributed by atoms with van der Waals surface area (Å²) in [7, 11) is 0. The maximum Gasteiger partial charge on any atom is 0.140 e. The number of nitriles is 1. The summed E-state index contributed by atoms with van der Waals surface area (Å²) in [6.45, 7) is 3.96. The average molecular weight is 252 g/mol. The fourth-order valence-electron chi connectivity index (χ4n) is 1.83. The molecule has 0 amide bonds. The first-order chi connectivity index (χ1) is 9.13. The van der Waals surface area contributed by atoms with E-state index < -0.39 is 0 Å². The fourth-order valence-corrected chi connectivity index (χ4v) is 1.83. The molecule has 0 saturated carbocycles. The van der Waals surface area contributed by atoms with Crippen molar-refractivity contribution in [2.75, 3.05) is 5.73 Å². The standard InChI is InChI=1S/C15H16N4/c1-11(2)19-15(17)13(10-16)14(18-19)9-8-12-6-4-3-5-7-12/h3-9,11H,17H2,1-2H3/b9-8+. The van der Waals surface area contributed by atoms with E-state index in [2.05, 4.69) is 11.2 Å². The quantitative estimate of drug-likeness (QED) is 0.912. The third-order valence-corrected chi connectivity index (χ3v) is 2.81. The van der Waals surface area contributed by atoms with Crippen molar-refractivity contribution < 1.29 is 0 Å². The number of nitrogen functional groups attached to an aromatic ring is 1. The molecule has 0 radical (unpaired) electrons. The molecule has 0 spiro atoms. The van der Waals surface area contributed by atoms with E-state index >= 15 is 0 Å². The Morgan fingerprint density at radius 1 is 1.26 bits per heavy atom. The minimum Gasteiger partial charge on any atom is -0.383 e. The van der Waals surface area contributed by atoms with Gasteiger partial charge in [0.1, 0.15) is 23.1 Å². The second-order valence-corrected chi connectivity index (χ2v) is 4.54. The molecular formula is C15H16N4. The molecule has 0 bridgehead atoms. The van der Waals surface area contributed by atoms with Crippen LogP contribution in [0.4, 0.5) is 5.82 Å². The summed E-state index contributed by atoms with van der Waals surface area (Å²) in [6, 6.07) is 12.1. The smallest absolute Gasteiger partial charge is 0.140 e. The van der Waals surface area contributed by atoms with Gasteiger partial charge in [0, 0.05) is 6.04 Å². The third kappa shape index (κ3) is 2.66. The molecule has 0 saturated heterocycles. The van der Waals surface area contributed by atoms with E-state index in [0.717, 1.165) is 5.56 Å². The zero-order valence-electron chi connectivity index (χ0n) is 11.0. The Bertz CT molecular complexity index is 630. The predicted octanol–water partition coefficient (Wildman–Crippen LogP) is 3.09. The zero-order valence-corrected chi connectivity index (χ0v) is 11.0. The Labute approximate surface area is 112 Å². The molecule has 0 fully saturated rings. The van der Waals surface area contributed by atoms with E-state index in [1.165, 1.54) is 0 Å². The van der Waals surface area contributed by atoms with Crippen molar-refractivity contribution in [1.82, 2.24) is 9.78 Å². The van der Waals surface area contributed by atoms with Gasteiger partial charge >= 0.3 is 0 Å². The number of rotatable bonds is 3. The largest absolute Gasteiger partial charge is 0.383 e. The molecule has 4 nitrogen and oxygen atoms in total. The first kappa shape index (κ1) is 12.9. The number of nitrogens with zero attached hydrogens (tertiary/aromatic N) is 3. The highest BCUT2D eigenvalue weighted by atomic mass is 15.3. The van der Waals surface area contributed by atoms with Gasteiger partial charge in [-0.3, -0.25) is 0 Å². The molecule has 0 atom stereocenters. The van der Waals surface area contributed by atoms with E-state index in [0.29, 0.717) is 17.1 Å². The molecule has 0 unspecified atom stereocenters. The van der Waals surface area contributed by atoms with Crippen LogP contribution in [0.15, 0.2) is 30.3 Å².